The van der Waals surface area contributed by atoms with Gasteiger partial charge in [-0.2, -0.15) is 0 Å². The Balaban J connectivity index is 1.48. The van der Waals surface area contributed by atoms with Crippen molar-refractivity contribution in [2.24, 2.45) is 0 Å². The van der Waals surface area contributed by atoms with Crippen molar-refractivity contribution in [2.75, 3.05) is 31.6 Å². The van der Waals surface area contributed by atoms with Gasteiger partial charge in [0.2, 0.25) is 5.91 Å². The molecule has 2 aromatic rings. The van der Waals surface area contributed by atoms with Gasteiger partial charge in [0, 0.05) is 43.1 Å². The number of carbonyl (C=O) groups excluding carboxylic acids is 2. The molecule has 130 valence electrons. The van der Waals surface area contributed by atoms with E-state index in [1.807, 2.05) is 19.2 Å². The smallest absolute Gasteiger partial charge is 0.409 e. The average molecular weight is 357 g/mol. The number of thiazole rings is 1. The zero-order chi connectivity index (χ0) is 17.4. The lowest BCUT2D eigenvalue weighted by atomic mass is 9.98. The summed E-state index contributed by atoms with van der Waals surface area (Å²) in [5.74, 6) is 0.164. The van der Waals surface area contributed by atoms with Gasteiger partial charge in [-0.3, -0.25) is 4.79 Å². The van der Waals surface area contributed by atoms with Crippen LogP contribution in [-0.2, 0) is 22.4 Å². The molecule has 0 radical (unpaired) electrons. The summed E-state index contributed by atoms with van der Waals surface area (Å²) < 4.78 is 4.94. The fourth-order valence-electron chi connectivity index (χ4n) is 3.23. The van der Waals surface area contributed by atoms with Gasteiger partial charge < -0.3 is 14.5 Å². The second-order valence-electron chi connectivity index (χ2n) is 6.27. The Kier molecular flexibility index (Phi) is 4.17. The quantitative estimate of drug-likeness (QED) is 0.844. The molecule has 2 aliphatic rings. The highest BCUT2D eigenvalue weighted by Gasteiger charge is 2.23. The van der Waals surface area contributed by atoms with E-state index in [1.54, 1.807) is 21.1 Å². The molecule has 25 heavy (non-hydrogen) atoms. The molecule has 7 heteroatoms. The highest BCUT2D eigenvalue weighted by Crippen LogP contribution is 2.31. The molecule has 0 unspecified atom stereocenters. The Morgan fingerprint density at radius 2 is 2.16 bits per heavy atom. The topological polar surface area (TPSA) is 62.7 Å². The molecule has 2 amide bonds. The number of amides is 2. The Morgan fingerprint density at radius 1 is 1.28 bits per heavy atom. The van der Waals surface area contributed by atoms with Crippen molar-refractivity contribution >= 4 is 29.0 Å². The van der Waals surface area contributed by atoms with Crippen molar-refractivity contribution in [3.63, 3.8) is 0 Å². The van der Waals surface area contributed by atoms with Crippen molar-refractivity contribution in [1.29, 1.82) is 0 Å². The number of aryl methyl sites for hydroxylation is 1. The van der Waals surface area contributed by atoms with E-state index in [2.05, 4.69) is 11.4 Å². The summed E-state index contributed by atoms with van der Waals surface area (Å²) in [5, 5.41) is 3.07. The number of carbonyl (C=O) groups is 2. The fourth-order valence-corrected chi connectivity index (χ4v) is 4.03. The third kappa shape index (κ3) is 3.11. The molecule has 1 aromatic heterocycles. The van der Waals surface area contributed by atoms with Gasteiger partial charge in [-0.25, -0.2) is 9.78 Å². The second-order valence-corrected chi connectivity index (χ2v) is 7.22. The Labute approximate surface area is 150 Å². The standard InChI is InChI=1S/C18H19N3O3S/c1-20-15-4-2-12(10-13(15)3-5-17(20)22)14-11-25-16(19-14)6-7-21-8-9-24-18(21)23/h2,4,10-11H,3,5-9H2,1H3. The van der Waals surface area contributed by atoms with Gasteiger partial charge in [0.15, 0.2) is 0 Å². The minimum atomic E-state index is -0.231. The molecular weight excluding hydrogens is 338 g/mol. The summed E-state index contributed by atoms with van der Waals surface area (Å²) in [4.78, 5) is 31.4. The lowest BCUT2D eigenvalue weighted by Crippen LogP contribution is -2.30. The van der Waals surface area contributed by atoms with Crippen molar-refractivity contribution in [3.8, 4) is 11.3 Å². The van der Waals surface area contributed by atoms with Crippen molar-refractivity contribution in [1.82, 2.24) is 9.88 Å². The first-order valence-electron chi connectivity index (χ1n) is 8.38. The predicted molar refractivity (Wildman–Crippen MR) is 95.9 cm³/mol. The molecule has 1 fully saturated rings. The van der Waals surface area contributed by atoms with Gasteiger partial charge in [0.05, 0.1) is 17.2 Å². The molecule has 2 aliphatic heterocycles. The number of nitrogens with zero attached hydrogens (tertiary/aromatic N) is 3. The van der Waals surface area contributed by atoms with Crippen LogP contribution in [0.25, 0.3) is 11.3 Å². The molecule has 6 nitrogen and oxygen atoms in total. The monoisotopic (exact) mass is 357 g/mol. The van der Waals surface area contributed by atoms with Crippen LogP contribution in [0.2, 0.25) is 0 Å². The van der Waals surface area contributed by atoms with Crippen LogP contribution >= 0.6 is 11.3 Å². The number of benzene rings is 1. The van der Waals surface area contributed by atoms with Crippen LogP contribution in [0, 0.1) is 0 Å². The van der Waals surface area contributed by atoms with E-state index in [-0.39, 0.29) is 12.0 Å². The maximum atomic E-state index is 11.8. The van der Waals surface area contributed by atoms with Gasteiger partial charge >= 0.3 is 6.09 Å². The highest BCUT2D eigenvalue weighted by atomic mass is 32.1. The SMILES string of the molecule is CN1C(=O)CCc2cc(-c3csc(CCN4CCOC4=O)n3)ccc21. The van der Waals surface area contributed by atoms with Crippen LogP contribution in [0.15, 0.2) is 23.6 Å². The Bertz CT molecular complexity index is 833. The second kappa shape index (κ2) is 6.48. The van der Waals surface area contributed by atoms with E-state index in [0.717, 1.165) is 34.8 Å². The normalized spacial score (nSPS) is 17.0. The molecular formula is C18H19N3O3S. The summed E-state index contributed by atoms with van der Waals surface area (Å²) in [6, 6.07) is 6.15. The molecule has 3 heterocycles. The van der Waals surface area contributed by atoms with Gasteiger partial charge in [0.25, 0.3) is 0 Å². The zero-order valence-electron chi connectivity index (χ0n) is 14.0. The number of aromatic nitrogens is 1. The van der Waals surface area contributed by atoms with E-state index >= 15 is 0 Å². The molecule has 0 bridgehead atoms. The first-order valence-corrected chi connectivity index (χ1v) is 9.26. The molecule has 0 spiro atoms. The fraction of sp³-hybridized carbons (Fsp3) is 0.389. The predicted octanol–water partition coefficient (Wildman–Crippen LogP) is 2.71. The van der Waals surface area contributed by atoms with E-state index < -0.39 is 0 Å². The van der Waals surface area contributed by atoms with Gasteiger partial charge in [-0.15, -0.1) is 11.3 Å². The summed E-state index contributed by atoms with van der Waals surface area (Å²) in [6.45, 7) is 1.78. The van der Waals surface area contributed by atoms with E-state index in [1.165, 1.54) is 5.56 Å². The van der Waals surface area contributed by atoms with E-state index in [0.29, 0.717) is 26.1 Å². The van der Waals surface area contributed by atoms with Crippen molar-refractivity contribution in [2.45, 2.75) is 19.3 Å². The summed E-state index contributed by atoms with van der Waals surface area (Å²) in [6.07, 6.45) is 1.84. The lowest BCUT2D eigenvalue weighted by Gasteiger charge is -2.26. The molecule has 4 rings (SSSR count). The molecule has 0 atom stereocenters. The third-order valence-electron chi connectivity index (χ3n) is 4.71. The minimum Gasteiger partial charge on any atom is -0.448 e. The molecule has 0 N–H and O–H groups in total. The minimum absolute atomic E-state index is 0.164. The first-order chi connectivity index (χ1) is 12.1. The van der Waals surface area contributed by atoms with Crippen LogP contribution in [0.5, 0.6) is 0 Å². The molecule has 1 aromatic carbocycles. The summed E-state index contributed by atoms with van der Waals surface area (Å²) >= 11 is 1.61. The Morgan fingerprint density at radius 3 is 2.96 bits per heavy atom. The third-order valence-corrected chi connectivity index (χ3v) is 5.62. The van der Waals surface area contributed by atoms with Gasteiger partial charge in [0.1, 0.15) is 6.61 Å². The number of rotatable bonds is 4. The lowest BCUT2D eigenvalue weighted by molar-refractivity contribution is -0.118. The summed E-state index contributed by atoms with van der Waals surface area (Å²) in [7, 11) is 1.82. The van der Waals surface area contributed by atoms with Crippen LogP contribution in [0.1, 0.15) is 17.0 Å². The van der Waals surface area contributed by atoms with Crippen molar-refractivity contribution < 1.29 is 14.3 Å². The van der Waals surface area contributed by atoms with Gasteiger partial charge in [-0.05, 0) is 24.1 Å². The van der Waals surface area contributed by atoms with Crippen LogP contribution < -0.4 is 4.90 Å². The highest BCUT2D eigenvalue weighted by molar-refractivity contribution is 7.09. The molecule has 0 aliphatic carbocycles. The van der Waals surface area contributed by atoms with Crippen LogP contribution in [-0.4, -0.2) is 48.6 Å². The van der Waals surface area contributed by atoms with Crippen molar-refractivity contribution in [3.05, 3.63) is 34.2 Å². The number of ether oxygens (including phenoxy) is 1. The number of anilines is 1. The molecule has 0 saturated carbocycles. The number of hydrogen-bond donors (Lipinski definition) is 0. The number of fused-ring (bicyclic) bond motifs is 1. The average Bonchev–Trinajstić information content (AvgIpc) is 3.25. The largest absolute Gasteiger partial charge is 0.448 e. The first kappa shape index (κ1) is 16.1. The molecule has 1 saturated heterocycles. The number of hydrogen-bond acceptors (Lipinski definition) is 5. The van der Waals surface area contributed by atoms with E-state index in [4.69, 9.17) is 9.72 Å². The zero-order valence-corrected chi connectivity index (χ0v) is 14.8. The van der Waals surface area contributed by atoms with Gasteiger partial charge in [-0.1, -0.05) is 6.07 Å². The van der Waals surface area contributed by atoms with Crippen LogP contribution in [0.4, 0.5) is 10.5 Å². The maximum Gasteiger partial charge on any atom is 0.409 e. The van der Waals surface area contributed by atoms with Crippen LogP contribution in [0.3, 0.4) is 0 Å². The Hall–Kier alpha value is -2.41. The maximum absolute atomic E-state index is 11.8. The number of cyclic esters (lactones) is 1. The summed E-state index contributed by atoms with van der Waals surface area (Å²) in [5.41, 5.74) is 4.20. The van der Waals surface area contributed by atoms with E-state index in [9.17, 15) is 9.59 Å².